The second kappa shape index (κ2) is 6.02. The summed E-state index contributed by atoms with van der Waals surface area (Å²) in [5, 5.41) is 2.08. The number of likely N-dealkylation sites (N-methyl/N-ethyl adjacent to an activating group) is 1. The monoisotopic (exact) mass is 328 g/mol. The smallest absolute Gasteiger partial charge is 0.105 e. The Bertz CT molecular complexity index is 509. The van der Waals surface area contributed by atoms with Crippen molar-refractivity contribution in [2.45, 2.75) is 19.5 Å². The molecule has 18 heavy (non-hydrogen) atoms. The predicted octanol–water partition coefficient (Wildman–Crippen LogP) is 3.54. The Morgan fingerprint density at radius 1 is 1.50 bits per heavy atom. The van der Waals surface area contributed by atoms with Crippen molar-refractivity contribution in [3.63, 3.8) is 0 Å². The Hall–Kier alpha value is -0.620. The lowest BCUT2D eigenvalue weighted by Gasteiger charge is -2.26. The van der Waals surface area contributed by atoms with E-state index in [2.05, 4.69) is 39.3 Å². The Morgan fingerprint density at radius 3 is 2.78 bits per heavy atom. The van der Waals surface area contributed by atoms with Crippen LogP contribution in [0.15, 0.2) is 32.7 Å². The minimum Gasteiger partial charge on any atom is -0.469 e. The van der Waals surface area contributed by atoms with Crippen molar-refractivity contribution in [2.75, 3.05) is 13.6 Å². The molecule has 2 N–H and O–H groups in total. The first kappa shape index (κ1) is 13.8. The number of rotatable bonds is 5. The first-order valence-electron chi connectivity index (χ1n) is 5.79. The van der Waals surface area contributed by atoms with E-state index in [9.17, 15) is 0 Å². The number of hydrogen-bond acceptors (Lipinski definition) is 4. The van der Waals surface area contributed by atoms with Gasteiger partial charge in [0.15, 0.2) is 0 Å². The Kier molecular flexibility index (Phi) is 4.61. The zero-order valence-corrected chi connectivity index (χ0v) is 12.9. The van der Waals surface area contributed by atoms with E-state index in [0.29, 0.717) is 6.54 Å². The maximum absolute atomic E-state index is 5.92. The van der Waals surface area contributed by atoms with Crippen LogP contribution in [-0.4, -0.2) is 18.5 Å². The van der Waals surface area contributed by atoms with Crippen molar-refractivity contribution in [1.29, 1.82) is 0 Å². The van der Waals surface area contributed by atoms with Gasteiger partial charge in [-0.25, -0.2) is 0 Å². The van der Waals surface area contributed by atoms with E-state index >= 15 is 0 Å². The van der Waals surface area contributed by atoms with E-state index in [4.69, 9.17) is 10.2 Å². The number of aryl methyl sites for hydroxylation is 1. The van der Waals surface area contributed by atoms with Crippen LogP contribution in [0, 0.1) is 6.92 Å². The van der Waals surface area contributed by atoms with Crippen LogP contribution < -0.4 is 5.73 Å². The summed E-state index contributed by atoms with van der Waals surface area (Å²) >= 11 is 5.31. The van der Waals surface area contributed by atoms with Gasteiger partial charge in [-0.3, -0.25) is 4.90 Å². The van der Waals surface area contributed by atoms with Crippen molar-refractivity contribution >= 4 is 27.3 Å². The Balaban J connectivity index is 2.14. The molecule has 0 amide bonds. The highest BCUT2D eigenvalue weighted by Gasteiger charge is 2.20. The Morgan fingerprint density at radius 2 is 2.28 bits per heavy atom. The molecule has 0 fully saturated rings. The molecule has 2 aromatic heterocycles. The maximum Gasteiger partial charge on any atom is 0.105 e. The molecule has 1 unspecified atom stereocenters. The number of thiophene rings is 1. The lowest BCUT2D eigenvalue weighted by Crippen LogP contribution is -2.29. The fourth-order valence-electron chi connectivity index (χ4n) is 1.98. The van der Waals surface area contributed by atoms with Crippen molar-refractivity contribution < 1.29 is 4.42 Å². The number of nitrogens with two attached hydrogens (primary N) is 1. The standard InChI is InChI=1S/C13H17BrN2OS/c1-9-10(3-5-17-9)8-16(2)12(7-15)13-11(14)4-6-18-13/h3-6,12H,7-8,15H2,1-2H3. The van der Waals surface area contributed by atoms with Gasteiger partial charge in [-0.1, -0.05) is 0 Å². The molecule has 2 rings (SSSR count). The molecular formula is C13H17BrN2OS. The molecule has 0 aliphatic heterocycles. The van der Waals surface area contributed by atoms with Gasteiger partial charge in [0.05, 0.1) is 12.3 Å². The third-order valence-corrected chi connectivity index (χ3v) is 5.06. The first-order valence-corrected chi connectivity index (χ1v) is 7.47. The van der Waals surface area contributed by atoms with E-state index in [1.165, 1.54) is 10.4 Å². The summed E-state index contributed by atoms with van der Waals surface area (Å²) in [4.78, 5) is 3.54. The van der Waals surface area contributed by atoms with Gasteiger partial charge in [-0.05, 0) is 47.4 Å². The van der Waals surface area contributed by atoms with Gasteiger partial charge in [0.25, 0.3) is 0 Å². The lowest BCUT2D eigenvalue weighted by molar-refractivity contribution is 0.243. The quantitative estimate of drug-likeness (QED) is 0.912. The second-order valence-corrected chi connectivity index (χ2v) is 6.10. The molecule has 2 aromatic rings. The Labute approximate surface area is 120 Å². The number of nitrogens with zero attached hydrogens (tertiary/aromatic N) is 1. The molecular weight excluding hydrogens is 312 g/mol. The molecule has 0 saturated carbocycles. The third kappa shape index (κ3) is 2.85. The van der Waals surface area contributed by atoms with Crippen LogP contribution in [0.5, 0.6) is 0 Å². The molecule has 0 bridgehead atoms. The molecule has 5 heteroatoms. The minimum atomic E-state index is 0.230. The summed E-state index contributed by atoms with van der Waals surface area (Å²) in [6.45, 7) is 3.43. The number of halogens is 1. The van der Waals surface area contributed by atoms with Crippen LogP contribution in [-0.2, 0) is 6.54 Å². The third-order valence-electron chi connectivity index (χ3n) is 3.09. The average molecular weight is 329 g/mol. The molecule has 2 heterocycles. The van der Waals surface area contributed by atoms with Crippen molar-refractivity contribution in [2.24, 2.45) is 5.73 Å². The zero-order valence-electron chi connectivity index (χ0n) is 10.5. The summed E-state index contributed by atoms with van der Waals surface area (Å²) in [6, 6.07) is 4.32. The largest absolute Gasteiger partial charge is 0.469 e. The van der Waals surface area contributed by atoms with Gasteiger partial charge in [0, 0.05) is 28.0 Å². The van der Waals surface area contributed by atoms with E-state index in [1.807, 2.05) is 13.0 Å². The van der Waals surface area contributed by atoms with Crippen molar-refractivity contribution in [3.05, 3.63) is 44.4 Å². The lowest BCUT2D eigenvalue weighted by atomic mass is 10.2. The summed E-state index contributed by atoms with van der Waals surface area (Å²) in [7, 11) is 2.09. The number of hydrogen-bond donors (Lipinski definition) is 1. The van der Waals surface area contributed by atoms with Gasteiger partial charge < -0.3 is 10.2 Å². The highest BCUT2D eigenvalue weighted by molar-refractivity contribution is 9.10. The van der Waals surface area contributed by atoms with Gasteiger partial charge in [-0.15, -0.1) is 11.3 Å². The van der Waals surface area contributed by atoms with E-state index < -0.39 is 0 Å². The van der Waals surface area contributed by atoms with Crippen LogP contribution >= 0.6 is 27.3 Å². The minimum absolute atomic E-state index is 0.230. The van der Waals surface area contributed by atoms with Gasteiger partial charge in [0.1, 0.15) is 5.76 Å². The van der Waals surface area contributed by atoms with Crippen molar-refractivity contribution in [3.8, 4) is 0 Å². The molecule has 0 aliphatic rings. The molecule has 0 saturated heterocycles. The molecule has 0 spiro atoms. The van der Waals surface area contributed by atoms with E-state index in [-0.39, 0.29) is 6.04 Å². The average Bonchev–Trinajstić information content (AvgIpc) is 2.91. The predicted molar refractivity (Wildman–Crippen MR) is 78.7 cm³/mol. The first-order chi connectivity index (χ1) is 8.63. The van der Waals surface area contributed by atoms with Gasteiger partial charge in [0.2, 0.25) is 0 Å². The SMILES string of the molecule is Cc1occc1CN(C)C(CN)c1sccc1Br. The van der Waals surface area contributed by atoms with Crippen LogP contribution in [0.1, 0.15) is 22.2 Å². The maximum atomic E-state index is 5.92. The topological polar surface area (TPSA) is 42.4 Å². The summed E-state index contributed by atoms with van der Waals surface area (Å²) in [5.74, 6) is 0.975. The number of furan rings is 1. The molecule has 3 nitrogen and oxygen atoms in total. The van der Waals surface area contributed by atoms with E-state index in [0.717, 1.165) is 16.8 Å². The summed E-state index contributed by atoms with van der Waals surface area (Å²) in [5.41, 5.74) is 7.13. The molecule has 1 atom stereocenters. The fraction of sp³-hybridized carbons (Fsp3) is 0.385. The highest BCUT2D eigenvalue weighted by atomic mass is 79.9. The van der Waals surface area contributed by atoms with Gasteiger partial charge in [-0.2, -0.15) is 0 Å². The van der Waals surface area contributed by atoms with Crippen LogP contribution in [0.3, 0.4) is 0 Å². The second-order valence-electron chi connectivity index (χ2n) is 4.30. The summed E-state index contributed by atoms with van der Waals surface area (Å²) < 4.78 is 6.47. The molecule has 0 aromatic carbocycles. The zero-order chi connectivity index (χ0) is 13.1. The van der Waals surface area contributed by atoms with Gasteiger partial charge >= 0.3 is 0 Å². The van der Waals surface area contributed by atoms with E-state index in [1.54, 1.807) is 17.6 Å². The molecule has 98 valence electrons. The summed E-state index contributed by atoms with van der Waals surface area (Å²) in [6.07, 6.45) is 1.73. The van der Waals surface area contributed by atoms with Crippen LogP contribution in [0.25, 0.3) is 0 Å². The van der Waals surface area contributed by atoms with Crippen LogP contribution in [0.2, 0.25) is 0 Å². The molecule has 0 radical (unpaired) electrons. The normalized spacial score (nSPS) is 13.2. The fourth-order valence-corrected chi connectivity index (χ4v) is 3.80. The highest BCUT2D eigenvalue weighted by Crippen LogP contribution is 2.32. The van der Waals surface area contributed by atoms with Crippen molar-refractivity contribution in [1.82, 2.24) is 4.90 Å². The van der Waals surface area contributed by atoms with Crippen LogP contribution in [0.4, 0.5) is 0 Å². The molecule has 0 aliphatic carbocycles.